The van der Waals surface area contributed by atoms with Crippen molar-refractivity contribution in [2.45, 2.75) is 12.5 Å². The highest BCUT2D eigenvalue weighted by atomic mass is 16.5. The lowest BCUT2D eigenvalue weighted by Gasteiger charge is -2.18. The lowest BCUT2D eigenvalue weighted by molar-refractivity contribution is -0.117. The Labute approximate surface area is 157 Å². The quantitative estimate of drug-likeness (QED) is 0.844. The van der Waals surface area contributed by atoms with Crippen LogP contribution in [0.1, 0.15) is 16.8 Å². The maximum absolute atomic E-state index is 12.7. The van der Waals surface area contributed by atoms with Gasteiger partial charge in [-0.2, -0.15) is 0 Å². The summed E-state index contributed by atoms with van der Waals surface area (Å²) in [5.41, 5.74) is 1.14. The minimum atomic E-state index is -0.305. The average molecular weight is 370 g/mol. The van der Waals surface area contributed by atoms with Gasteiger partial charge in [-0.15, -0.1) is 0 Å². The molecule has 1 heterocycles. The molecule has 142 valence electrons. The molecule has 1 fully saturated rings. The average Bonchev–Trinajstić information content (AvgIpc) is 3.07. The van der Waals surface area contributed by atoms with Crippen LogP contribution in [0, 0.1) is 0 Å². The van der Waals surface area contributed by atoms with E-state index in [0.717, 1.165) is 11.4 Å². The van der Waals surface area contributed by atoms with Crippen LogP contribution >= 0.6 is 0 Å². The van der Waals surface area contributed by atoms with E-state index >= 15 is 0 Å². The van der Waals surface area contributed by atoms with E-state index in [4.69, 9.17) is 14.2 Å². The normalized spacial score (nSPS) is 16.2. The molecule has 1 saturated heterocycles. The predicted molar refractivity (Wildman–Crippen MR) is 101 cm³/mol. The first kappa shape index (κ1) is 18.6. The second-order valence-electron chi connectivity index (χ2n) is 6.12. The van der Waals surface area contributed by atoms with Crippen LogP contribution in [0.15, 0.2) is 42.5 Å². The molecule has 3 rings (SSSR count). The number of carbonyl (C=O) groups is 2. The van der Waals surface area contributed by atoms with Crippen molar-refractivity contribution in [1.82, 2.24) is 5.32 Å². The first-order chi connectivity index (χ1) is 13.1. The van der Waals surface area contributed by atoms with E-state index < -0.39 is 0 Å². The van der Waals surface area contributed by atoms with Crippen molar-refractivity contribution >= 4 is 17.5 Å². The van der Waals surface area contributed by atoms with Crippen LogP contribution in [0.4, 0.5) is 5.69 Å². The fourth-order valence-corrected chi connectivity index (χ4v) is 3.15. The lowest BCUT2D eigenvalue weighted by Crippen LogP contribution is -2.37. The van der Waals surface area contributed by atoms with Crippen molar-refractivity contribution in [2.24, 2.45) is 0 Å². The van der Waals surface area contributed by atoms with E-state index in [1.165, 1.54) is 14.2 Å². The van der Waals surface area contributed by atoms with Gasteiger partial charge < -0.3 is 24.4 Å². The van der Waals surface area contributed by atoms with Crippen molar-refractivity contribution in [3.05, 3.63) is 48.0 Å². The van der Waals surface area contributed by atoms with Crippen LogP contribution in [0.2, 0.25) is 0 Å². The number of methoxy groups -OCH3 is 3. The zero-order chi connectivity index (χ0) is 19.4. The molecule has 2 aromatic carbocycles. The third-order valence-corrected chi connectivity index (χ3v) is 4.49. The van der Waals surface area contributed by atoms with Crippen LogP contribution in [-0.2, 0) is 4.79 Å². The first-order valence-corrected chi connectivity index (χ1v) is 8.53. The molecule has 1 atom stereocenters. The number of rotatable bonds is 6. The maximum atomic E-state index is 12.7. The van der Waals surface area contributed by atoms with Gasteiger partial charge in [0.1, 0.15) is 5.75 Å². The van der Waals surface area contributed by atoms with Crippen molar-refractivity contribution in [2.75, 3.05) is 32.8 Å². The first-order valence-electron chi connectivity index (χ1n) is 8.53. The third kappa shape index (κ3) is 3.81. The van der Waals surface area contributed by atoms with Crippen molar-refractivity contribution in [3.8, 4) is 17.2 Å². The molecule has 0 bridgehead atoms. The summed E-state index contributed by atoms with van der Waals surface area (Å²) < 4.78 is 15.7. The number of carbonyl (C=O) groups excluding carboxylic acids is 2. The molecule has 7 nitrogen and oxygen atoms in total. The Balaban J connectivity index is 1.72. The Hall–Kier alpha value is -3.22. The van der Waals surface area contributed by atoms with Crippen LogP contribution in [0.5, 0.6) is 17.2 Å². The molecule has 0 spiro atoms. The zero-order valence-electron chi connectivity index (χ0n) is 15.5. The van der Waals surface area contributed by atoms with E-state index in [9.17, 15) is 9.59 Å². The molecule has 1 N–H and O–H groups in total. The van der Waals surface area contributed by atoms with E-state index in [0.29, 0.717) is 23.6 Å². The third-order valence-electron chi connectivity index (χ3n) is 4.49. The number of anilines is 1. The second kappa shape index (κ2) is 7.99. The molecule has 2 amide bonds. The molecule has 7 heteroatoms. The Morgan fingerprint density at radius 3 is 2.41 bits per heavy atom. The minimum Gasteiger partial charge on any atom is -0.497 e. The standard InChI is InChI=1S/C20H22N2O5/c1-25-15-9-7-14(8-10-15)22-12-13(11-18(22)23)21-20(24)16-5-4-6-17(26-2)19(16)27-3/h4-10,13H,11-12H2,1-3H3,(H,21,24). The van der Waals surface area contributed by atoms with E-state index in [-0.39, 0.29) is 24.3 Å². The summed E-state index contributed by atoms with van der Waals surface area (Å²) in [5.74, 6) is 1.23. The van der Waals surface area contributed by atoms with Crippen LogP contribution < -0.4 is 24.4 Å². The Bertz CT molecular complexity index is 835. The van der Waals surface area contributed by atoms with Crippen molar-refractivity contribution < 1.29 is 23.8 Å². The summed E-state index contributed by atoms with van der Waals surface area (Å²) in [6, 6.07) is 12.1. The summed E-state index contributed by atoms with van der Waals surface area (Å²) in [6.45, 7) is 0.406. The highest BCUT2D eigenvalue weighted by molar-refractivity contribution is 6.00. The molecule has 1 aliphatic rings. The predicted octanol–water partition coefficient (Wildman–Crippen LogP) is 2.25. The number of hydrogen-bond acceptors (Lipinski definition) is 5. The summed E-state index contributed by atoms with van der Waals surface area (Å²) >= 11 is 0. The molecule has 0 aromatic heterocycles. The zero-order valence-corrected chi connectivity index (χ0v) is 15.5. The summed E-state index contributed by atoms with van der Waals surface area (Å²) in [5, 5.41) is 2.91. The Morgan fingerprint density at radius 1 is 1.04 bits per heavy atom. The number of ether oxygens (including phenoxy) is 3. The second-order valence-corrected chi connectivity index (χ2v) is 6.12. The van der Waals surface area contributed by atoms with Gasteiger partial charge in [0.25, 0.3) is 5.91 Å². The van der Waals surface area contributed by atoms with Gasteiger partial charge in [0.05, 0.1) is 32.9 Å². The molecular formula is C20H22N2O5. The lowest BCUT2D eigenvalue weighted by atomic mass is 10.1. The maximum Gasteiger partial charge on any atom is 0.255 e. The van der Waals surface area contributed by atoms with Gasteiger partial charge in [0.2, 0.25) is 5.91 Å². The van der Waals surface area contributed by atoms with Crippen LogP contribution in [-0.4, -0.2) is 45.7 Å². The SMILES string of the molecule is COc1ccc(N2CC(NC(=O)c3cccc(OC)c3OC)CC2=O)cc1. The van der Waals surface area contributed by atoms with Gasteiger partial charge >= 0.3 is 0 Å². The molecule has 0 aliphatic carbocycles. The molecule has 2 aromatic rings. The van der Waals surface area contributed by atoms with Crippen LogP contribution in [0.25, 0.3) is 0 Å². The van der Waals surface area contributed by atoms with Gasteiger partial charge in [0.15, 0.2) is 11.5 Å². The number of hydrogen-bond donors (Lipinski definition) is 1. The van der Waals surface area contributed by atoms with E-state index in [1.54, 1.807) is 42.3 Å². The smallest absolute Gasteiger partial charge is 0.255 e. The van der Waals surface area contributed by atoms with Gasteiger partial charge in [-0.25, -0.2) is 0 Å². The van der Waals surface area contributed by atoms with Gasteiger partial charge in [-0.1, -0.05) is 6.07 Å². The topological polar surface area (TPSA) is 77.1 Å². The van der Waals surface area contributed by atoms with Gasteiger partial charge in [-0.3, -0.25) is 9.59 Å². The molecule has 0 radical (unpaired) electrons. The molecule has 27 heavy (non-hydrogen) atoms. The minimum absolute atomic E-state index is 0.0388. The number of amides is 2. The van der Waals surface area contributed by atoms with Crippen molar-refractivity contribution in [1.29, 1.82) is 0 Å². The fraction of sp³-hybridized carbons (Fsp3) is 0.300. The van der Waals surface area contributed by atoms with Gasteiger partial charge in [-0.05, 0) is 36.4 Å². The van der Waals surface area contributed by atoms with E-state index in [2.05, 4.69) is 5.32 Å². The summed E-state index contributed by atoms with van der Waals surface area (Å²) in [7, 11) is 4.59. The molecule has 1 aliphatic heterocycles. The highest BCUT2D eigenvalue weighted by Gasteiger charge is 2.32. The Kier molecular flexibility index (Phi) is 5.49. The molecule has 1 unspecified atom stereocenters. The Morgan fingerprint density at radius 2 is 1.78 bits per heavy atom. The monoisotopic (exact) mass is 370 g/mol. The number of para-hydroxylation sites is 1. The van der Waals surface area contributed by atoms with Crippen LogP contribution in [0.3, 0.4) is 0 Å². The van der Waals surface area contributed by atoms with Gasteiger partial charge in [0, 0.05) is 18.7 Å². The van der Waals surface area contributed by atoms with Crippen molar-refractivity contribution in [3.63, 3.8) is 0 Å². The molecule has 0 saturated carbocycles. The highest BCUT2D eigenvalue weighted by Crippen LogP contribution is 2.31. The fourth-order valence-electron chi connectivity index (χ4n) is 3.15. The number of benzene rings is 2. The largest absolute Gasteiger partial charge is 0.497 e. The summed E-state index contributed by atoms with van der Waals surface area (Å²) in [4.78, 5) is 26.7. The number of nitrogens with zero attached hydrogens (tertiary/aromatic N) is 1. The molecular weight excluding hydrogens is 348 g/mol. The van der Waals surface area contributed by atoms with E-state index in [1.807, 2.05) is 12.1 Å². The number of nitrogens with one attached hydrogen (secondary N) is 1. The summed E-state index contributed by atoms with van der Waals surface area (Å²) in [6.07, 6.45) is 0.240.